The molecule has 1 heterocycles. The summed E-state index contributed by atoms with van der Waals surface area (Å²) in [5.41, 5.74) is 0.498. The second-order valence-electron chi connectivity index (χ2n) is 6.00. The van der Waals surface area contributed by atoms with Gasteiger partial charge in [0, 0.05) is 10.6 Å². The maximum atomic E-state index is 13.1. The predicted molar refractivity (Wildman–Crippen MR) is 114 cm³/mol. The molecule has 0 aliphatic carbocycles. The summed E-state index contributed by atoms with van der Waals surface area (Å²) in [4.78, 5) is 37.6. The van der Waals surface area contributed by atoms with Crippen molar-refractivity contribution < 1.29 is 29.0 Å². The van der Waals surface area contributed by atoms with Gasteiger partial charge in [0.25, 0.3) is 11.8 Å². The minimum absolute atomic E-state index is 0.0718. The second-order valence-corrected chi connectivity index (χ2v) is 6.82. The number of carboxylic acids is 1. The Morgan fingerprint density at radius 3 is 2.57 bits per heavy atom. The van der Waals surface area contributed by atoms with Crippen LogP contribution in [-0.2, 0) is 14.4 Å². The topological polar surface area (TPSA) is 105 Å². The highest BCUT2D eigenvalue weighted by atomic mass is 35.5. The van der Waals surface area contributed by atoms with Gasteiger partial charge in [-0.2, -0.15) is 0 Å². The van der Waals surface area contributed by atoms with Gasteiger partial charge in [0.1, 0.15) is 5.57 Å². The summed E-state index contributed by atoms with van der Waals surface area (Å²) in [6.07, 6.45) is 1.29. The first-order valence-electron chi connectivity index (χ1n) is 8.50. The van der Waals surface area contributed by atoms with Gasteiger partial charge in [-0.3, -0.25) is 19.8 Å². The molecular formula is C20H15ClN2O6S. The smallest absolute Gasteiger partial charge is 0.341 e. The number of ether oxygens (including phenoxy) is 2. The first kappa shape index (κ1) is 21.3. The van der Waals surface area contributed by atoms with Crippen molar-refractivity contribution >= 4 is 58.5 Å². The Bertz CT molecular complexity index is 1070. The van der Waals surface area contributed by atoms with E-state index in [0.29, 0.717) is 10.7 Å². The molecule has 1 saturated heterocycles. The highest BCUT2D eigenvalue weighted by Crippen LogP contribution is 2.33. The van der Waals surface area contributed by atoms with Crippen LogP contribution in [0.5, 0.6) is 11.5 Å². The molecule has 154 valence electrons. The molecule has 0 spiro atoms. The van der Waals surface area contributed by atoms with E-state index in [4.69, 9.17) is 38.4 Å². The Hall–Kier alpha value is -3.43. The zero-order valence-electron chi connectivity index (χ0n) is 15.5. The van der Waals surface area contributed by atoms with Crippen LogP contribution in [0, 0.1) is 0 Å². The van der Waals surface area contributed by atoms with Crippen LogP contribution in [0.15, 0.2) is 48.0 Å². The third-order valence-electron chi connectivity index (χ3n) is 4.06. The van der Waals surface area contributed by atoms with E-state index in [-0.39, 0.29) is 27.7 Å². The third kappa shape index (κ3) is 4.42. The highest BCUT2D eigenvalue weighted by molar-refractivity contribution is 7.80. The van der Waals surface area contributed by atoms with E-state index in [2.05, 4.69) is 5.32 Å². The number of thiocarbonyl (C=S) groups is 1. The summed E-state index contributed by atoms with van der Waals surface area (Å²) in [5.74, 6) is -2.20. The number of halogens is 1. The Morgan fingerprint density at radius 1 is 1.23 bits per heavy atom. The summed E-state index contributed by atoms with van der Waals surface area (Å²) in [6, 6.07) is 11.1. The van der Waals surface area contributed by atoms with Crippen LogP contribution in [0.3, 0.4) is 0 Å². The molecule has 1 fully saturated rings. The number of benzene rings is 2. The summed E-state index contributed by atoms with van der Waals surface area (Å²) < 4.78 is 10.5. The molecule has 0 saturated carbocycles. The molecule has 0 aromatic heterocycles. The second kappa shape index (κ2) is 8.93. The van der Waals surface area contributed by atoms with E-state index in [9.17, 15) is 14.4 Å². The SMILES string of the molecule is COc1cccc(C=C2C(=O)NC(=S)N(c3ccc(Cl)cc3)C2=O)c1OCC(=O)O. The lowest BCUT2D eigenvalue weighted by Crippen LogP contribution is -2.54. The van der Waals surface area contributed by atoms with Crippen LogP contribution >= 0.6 is 23.8 Å². The van der Waals surface area contributed by atoms with Crippen LogP contribution in [0.25, 0.3) is 6.08 Å². The Labute approximate surface area is 181 Å². The molecule has 0 radical (unpaired) electrons. The zero-order chi connectivity index (χ0) is 21.8. The molecule has 2 aromatic rings. The molecule has 10 heteroatoms. The fraction of sp³-hybridized carbons (Fsp3) is 0.100. The molecule has 2 amide bonds. The van der Waals surface area contributed by atoms with Crippen molar-refractivity contribution in [3.63, 3.8) is 0 Å². The molecule has 0 unspecified atom stereocenters. The number of carbonyl (C=O) groups is 3. The van der Waals surface area contributed by atoms with Crippen molar-refractivity contribution in [2.24, 2.45) is 0 Å². The third-order valence-corrected chi connectivity index (χ3v) is 4.59. The molecule has 1 aliphatic rings. The number of hydrogen-bond acceptors (Lipinski definition) is 6. The summed E-state index contributed by atoms with van der Waals surface area (Å²) in [6.45, 7) is -0.627. The summed E-state index contributed by atoms with van der Waals surface area (Å²) in [5, 5.41) is 11.8. The molecule has 3 rings (SSSR count). The predicted octanol–water partition coefficient (Wildman–Crippen LogP) is 2.64. The monoisotopic (exact) mass is 446 g/mol. The van der Waals surface area contributed by atoms with Gasteiger partial charge in [-0.05, 0) is 48.6 Å². The van der Waals surface area contributed by atoms with Crippen LogP contribution in [0.4, 0.5) is 5.69 Å². The molecule has 0 atom stereocenters. The molecular weight excluding hydrogens is 432 g/mol. The Morgan fingerprint density at radius 2 is 1.93 bits per heavy atom. The van der Waals surface area contributed by atoms with Crippen molar-refractivity contribution in [3.05, 3.63) is 58.6 Å². The normalized spacial score (nSPS) is 15.2. The van der Waals surface area contributed by atoms with Gasteiger partial charge < -0.3 is 14.6 Å². The van der Waals surface area contributed by atoms with Gasteiger partial charge in [0.2, 0.25) is 0 Å². The number of amides is 2. The van der Waals surface area contributed by atoms with Gasteiger partial charge in [-0.15, -0.1) is 0 Å². The van der Waals surface area contributed by atoms with Crippen LogP contribution in [0.1, 0.15) is 5.56 Å². The highest BCUT2D eigenvalue weighted by Gasteiger charge is 2.34. The number of anilines is 1. The largest absolute Gasteiger partial charge is 0.493 e. The van der Waals surface area contributed by atoms with Gasteiger partial charge in [-0.25, -0.2) is 4.79 Å². The molecule has 2 aromatic carbocycles. The van der Waals surface area contributed by atoms with Crippen molar-refractivity contribution in [2.45, 2.75) is 0 Å². The van der Waals surface area contributed by atoms with Crippen LogP contribution in [-0.4, -0.2) is 41.7 Å². The van der Waals surface area contributed by atoms with E-state index in [1.165, 1.54) is 13.2 Å². The number of carbonyl (C=O) groups excluding carboxylic acids is 2. The lowest BCUT2D eigenvalue weighted by molar-refractivity contribution is -0.139. The zero-order valence-corrected chi connectivity index (χ0v) is 17.1. The minimum Gasteiger partial charge on any atom is -0.493 e. The maximum Gasteiger partial charge on any atom is 0.341 e. The van der Waals surface area contributed by atoms with Crippen LogP contribution in [0.2, 0.25) is 5.02 Å². The number of nitrogens with one attached hydrogen (secondary N) is 1. The number of aliphatic carboxylic acids is 1. The average molecular weight is 447 g/mol. The molecule has 30 heavy (non-hydrogen) atoms. The van der Waals surface area contributed by atoms with Crippen LogP contribution < -0.4 is 19.7 Å². The number of rotatable bonds is 6. The maximum absolute atomic E-state index is 13.1. The van der Waals surface area contributed by atoms with Gasteiger partial charge >= 0.3 is 5.97 Å². The number of carboxylic acid groups (broad SMARTS) is 1. The van der Waals surface area contributed by atoms with Gasteiger partial charge in [0.15, 0.2) is 23.2 Å². The Balaban J connectivity index is 2.04. The van der Waals surface area contributed by atoms with E-state index in [0.717, 1.165) is 4.90 Å². The van der Waals surface area contributed by atoms with E-state index in [1.54, 1.807) is 42.5 Å². The van der Waals surface area contributed by atoms with Crippen molar-refractivity contribution in [1.29, 1.82) is 0 Å². The standard InChI is InChI=1S/C20H15ClN2O6S/c1-28-15-4-2-3-11(17(15)29-10-16(24)25)9-14-18(26)22-20(30)23(19(14)27)13-7-5-12(21)6-8-13/h2-9H,10H2,1H3,(H,24,25)(H,22,26,30). The fourth-order valence-corrected chi connectivity index (χ4v) is 3.14. The van der Waals surface area contributed by atoms with Gasteiger partial charge in [-0.1, -0.05) is 23.7 Å². The quantitative estimate of drug-likeness (QED) is 0.399. The number of hydrogen-bond donors (Lipinski definition) is 2. The fourth-order valence-electron chi connectivity index (χ4n) is 2.73. The van der Waals surface area contributed by atoms with Crippen molar-refractivity contribution in [1.82, 2.24) is 5.32 Å². The number of para-hydroxylation sites is 1. The molecule has 2 N–H and O–H groups in total. The van der Waals surface area contributed by atoms with E-state index >= 15 is 0 Å². The van der Waals surface area contributed by atoms with Gasteiger partial charge in [0.05, 0.1) is 12.8 Å². The Kier molecular flexibility index (Phi) is 6.34. The molecule has 1 aliphatic heterocycles. The minimum atomic E-state index is -1.19. The number of methoxy groups -OCH3 is 1. The lowest BCUT2D eigenvalue weighted by atomic mass is 10.1. The van der Waals surface area contributed by atoms with E-state index in [1.807, 2.05) is 0 Å². The molecule has 8 nitrogen and oxygen atoms in total. The first-order valence-corrected chi connectivity index (χ1v) is 9.29. The van der Waals surface area contributed by atoms with Crippen molar-refractivity contribution in [2.75, 3.05) is 18.6 Å². The van der Waals surface area contributed by atoms with E-state index < -0.39 is 24.4 Å². The lowest BCUT2D eigenvalue weighted by Gasteiger charge is -2.29. The van der Waals surface area contributed by atoms with Crippen molar-refractivity contribution in [3.8, 4) is 11.5 Å². The molecule has 0 bridgehead atoms. The summed E-state index contributed by atoms with van der Waals surface area (Å²) in [7, 11) is 1.39. The first-order chi connectivity index (χ1) is 14.3. The summed E-state index contributed by atoms with van der Waals surface area (Å²) >= 11 is 11.0. The average Bonchev–Trinajstić information content (AvgIpc) is 2.70. The number of nitrogens with zero attached hydrogens (tertiary/aromatic N) is 1.